The highest BCUT2D eigenvalue weighted by atomic mass is 32.2. The molecule has 1 amide bonds. The van der Waals surface area contributed by atoms with Crippen molar-refractivity contribution in [2.75, 3.05) is 12.1 Å². The van der Waals surface area contributed by atoms with Crippen LogP contribution in [0.4, 0.5) is 5.13 Å². The van der Waals surface area contributed by atoms with Crippen LogP contribution in [0.15, 0.2) is 46.9 Å². The molecule has 0 bridgehead atoms. The fraction of sp³-hybridized carbons (Fsp3) is 0.286. The van der Waals surface area contributed by atoms with Crippen molar-refractivity contribution in [2.24, 2.45) is 0 Å². The maximum absolute atomic E-state index is 12.9. The van der Waals surface area contributed by atoms with E-state index in [1.807, 2.05) is 29.6 Å². The van der Waals surface area contributed by atoms with Gasteiger partial charge in [0.15, 0.2) is 16.6 Å². The number of benzene rings is 1. The minimum atomic E-state index is -0.176. The van der Waals surface area contributed by atoms with Gasteiger partial charge in [-0.05, 0) is 43.2 Å². The molecule has 3 aromatic rings. The van der Waals surface area contributed by atoms with Gasteiger partial charge in [0, 0.05) is 22.4 Å². The summed E-state index contributed by atoms with van der Waals surface area (Å²) in [6.45, 7) is 0.240. The third kappa shape index (κ3) is 3.95. The summed E-state index contributed by atoms with van der Waals surface area (Å²) < 4.78 is 10.8. The first-order valence-corrected chi connectivity index (χ1v) is 11.3. The molecule has 1 fully saturated rings. The molecule has 6 nitrogen and oxygen atoms in total. The quantitative estimate of drug-likeness (QED) is 0.604. The second kappa shape index (κ2) is 8.04. The van der Waals surface area contributed by atoms with E-state index in [2.05, 4.69) is 15.3 Å². The van der Waals surface area contributed by atoms with Gasteiger partial charge in [-0.2, -0.15) is 0 Å². The molecule has 1 aliphatic carbocycles. The Balaban J connectivity index is 1.32. The minimum Gasteiger partial charge on any atom is -0.454 e. The van der Waals surface area contributed by atoms with Gasteiger partial charge >= 0.3 is 0 Å². The van der Waals surface area contributed by atoms with Crippen molar-refractivity contribution < 1.29 is 14.3 Å². The highest BCUT2D eigenvalue weighted by molar-refractivity contribution is 7.99. The van der Waals surface area contributed by atoms with Gasteiger partial charge in [0.25, 0.3) is 5.91 Å². The zero-order chi connectivity index (χ0) is 19.6. The molecule has 0 radical (unpaired) electrons. The predicted molar refractivity (Wildman–Crippen MR) is 114 cm³/mol. The Kier molecular flexibility index (Phi) is 5.12. The predicted octanol–water partition coefficient (Wildman–Crippen LogP) is 5.22. The molecule has 148 valence electrons. The van der Waals surface area contributed by atoms with Crippen LogP contribution in [0.1, 0.15) is 36.0 Å². The first-order valence-electron chi connectivity index (χ1n) is 9.55. The van der Waals surface area contributed by atoms with Crippen LogP contribution >= 0.6 is 23.1 Å². The van der Waals surface area contributed by atoms with Crippen molar-refractivity contribution in [1.29, 1.82) is 0 Å². The van der Waals surface area contributed by atoms with Crippen LogP contribution in [0.3, 0.4) is 0 Å². The molecule has 5 rings (SSSR count). The summed E-state index contributed by atoms with van der Waals surface area (Å²) in [4.78, 5) is 21.9. The number of fused-ring (bicyclic) bond motifs is 1. The van der Waals surface area contributed by atoms with Crippen molar-refractivity contribution >= 4 is 34.1 Å². The summed E-state index contributed by atoms with van der Waals surface area (Å²) in [7, 11) is 0. The van der Waals surface area contributed by atoms with Gasteiger partial charge in [0.2, 0.25) is 6.79 Å². The molecule has 0 atom stereocenters. The lowest BCUT2D eigenvalue weighted by Gasteiger charge is -2.11. The number of thioether (sulfide) groups is 1. The van der Waals surface area contributed by atoms with Crippen LogP contribution in [-0.4, -0.2) is 27.9 Å². The number of ether oxygens (including phenoxy) is 2. The van der Waals surface area contributed by atoms with Crippen LogP contribution in [0.5, 0.6) is 11.5 Å². The average molecular weight is 426 g/mol. The van der Waals surface area contributed by atoms with Crippen LogP contribution in [0.2, 0.25) is 0 Å². The first kappa shape index (κ1) is 18.4. The molecule has 0 spiro atoms. The molecule has 1 aromatic carbocycles. The van der Waals surface area contributed by atoms with Crippen molar-refractivity contribution in [3.63, 3.8) is 0 Å². The molecule has 3 heterocycles. The number of amides is 1. The number of aromatic nitrogens is 2. The third-order valence-electron chi connectivity index (χ3n) is 4.99. The number of hydrogen-bond acceptors (Lipinski definition) is 7. The topological polar surface area (TPSA) is 73.3 Å². The molecule has 1 N–H and O–H groups in total. The molecule has 2 aliphatic rings. The lowest BCUT2D eigenvalue weighted by molar-refractivity contribution is 0.102. The number of pyridine rings is 1. The first-order chi connectivity index (χ1) is 14.3. The van der Waals surface area contributed by atoms with E-state index in [4.69, 9.17) is 9.47 Å². The lowest BCUT2D eigenvalue weighted by atomic mass is 10.1. The zero-order valence-corrected chi connectivity index (χ0v) is 17.2. The standard InChI is InChI=1S/C21H19N3O3S2/c25-19(15-6-3-9-22-20(15)29-14-4-1-2-5-14)24-21-23-16(11-28-21)13-7-8-17-18(10-13)27-12-26-17/h3,6-11,14H,1-2,4-5,12H2,(H,23,24,25). The molecule has 1 saturated carbocycles. The van der Waals surface area contributed by atoms with Gasteiger partial charge in [0.1, 0.15) is 5.03 Å². The summed E-state index contributed by atoms with van der Waals surface area (Å²) in [6, 6.07) is 9.34. The minimum absolute atomic E-state index is 0.176. The van der Waals surface area contributed by atoms with Crippen LogP contribution in [0.25, 0.3) is 11.3 Å². The van der Waals surface area contributed by atoms with Gasteiger partial charge < -0.3 is 9.47 Å². The Morgan fingerprint density at radius 1 is 1.17 bits per heavy atom. The molecule has 2 aromatic heterocycles. The SMILES string of the molecule is O=C(Nc1nc(-c2ccc3c(c2)OCO3)cs1)c1cccnc1SC1CCCC1. The van der Waals surface area contributed by atoms with E-state index < -0.39 is 0 Å². The molecule has 1 aliphatic heterocycles. The summed E-state index contributed by atoms with van der Waals surface area (Å²) in [5, 5.41) is 6.75. The maximum atomic E-state index is 12.9. The maximum Gasteiger partial charge on any atom is 0.260 e. The van der Waals surface area contributed by atoms with E-state index in [-0.39, 0.29) is 12.7 Å². The summed E-state index contributed by atoms with van der Waals surface area (Å²) in [5.41, 5.74) is 2.31. The van der Waals surface area contributed by atoms with E-state index in [1.165, 1.54) is 37.0 Å². The van der Waals surface area contributed by atoms with Crippen molar-refractivity contribution in [2.45, 2.75) is 36.0 Å². The highest BCUT2D eigenvalue weighted by Crippen LogP contribution is 2.37. The number of carbonyl (C=O) groups is 1. The molecule has 0 saturated heterocycles. The molecular weight excluding hydrogens is 406 g/mol. The number of rotatable bonds is 5. The summed E-state index contributed by atoms with van der Waals surface area (Å²) in [5.74, 6) is 1.27. The van der Waals surface area contributed by atoms with Gasteiger partial charge in [-0.1, -0.05) is 12.8 Å². The van der Waals surface area contributed by atoms with Crippen molar-refractivity contribution in [1.82, 2.24) is 9.97 Å². The fourth-order valence-electron chi connectivity index (χ4n) is 3.51. The van der Waals surface area contributed by atoms with Crippen molar-refractivity contribution in [3.05, 3.63) is 47.5 Å². The monoisotopic (exact) mass is 425 g/mol. The number of thiazole rings is 1. The zero-order valence-electron chi connectivity index (χ0n) is 15.6. The fourth-order valence-corrected chi connectivity index (χ4v) is 5.51. The normalized spacial score (nSPS) is 15.6. The Bertz CT molecular complexity index is 1050. The van der Waals surface area contributed by atoms with Crippen LogP contribution < -0.4 is 14.8 Å². The number of nitrogens with one attached hydrogen (secondary N) is 1. The van der Waals surface area contributed by atoms with E-state index in [0.717, 1.165) is 22.0 Å². The number of anilines is 1. The second-order valence-corrected chi connectivity index (χ2v) is 9.09. The Morgan fingerprint density at radius 2 is 2.03 bits per heavy atom. The second-order valence-electron chi connectivity index (χ2n) is 6.94. The van der Waals surface area contributed by atoms with E-state index >= 15 is 0 Å². The molecule has 0 unspecified atom stereocenters. The number of hydrogen-bond donors (Lipinski definition) is 1. The Labute approximate surface area is 176 Å². The van der Waals surface area contributed by atoms with Gasteiger partial charge in [-0.15, -0.1) is 23.1 Å². The van der Waals surface area contributed by atoms with E-state index in [1.54, 1.807) is 24.0 Å². The molecule has 8 heteroatoms. The van der Waals surface area contributed by atoms with Crippen LogP contribution in [-0.2, 0) is 0 Å². The largest absolute Gasteiger partial charge is 0.454 e. The van der Waals surface area contributed by atoms with Crippen LogP contribution in [0, 0.1) is 0 Å². The van der Waals surface area contributed by atoms with Gasteiger partial charge in [-0.3, -0.25) is 10.1 Å². The third-order valence-corrected chi connectivity index (χ3v) is 7.10. The molecule has 29 heavy (non-hydrogen) atoms. The van der Waals surface area contributed by atoms with Gasteiger partial charge in [0.05, 0.1) is 11.3 Å². The molecular formula is C21H19N3O3S2. The Morgan fingerprint density at radius 3 is 2.93 bits per heavy atom. The van der Waals surface area contributed by atoms with E-state index in [9.17, 15) is 4.79 Å². The van der Waals surface area contributed by atoms with Gasteiger partial charge in [-0.25, -0.2) is 9.97 Å². The van der Waals surface area contributed by atoms with E-state index in [0.29, 0.717) is 21.7 Å². The average Bonchev–Trinajstić information content (AvgIpc) is 3.49. The lowest BCUT2D eigenvalue weighted by Crippen LogP contribution is -2.14. The Hall–Kier alpha value is -2.58. The summed E-state index contributed by atoms with van der Waals surface area (Å²) in [6.07, 6.45) is 6.64. The van der Waals surface area contributed by atoms with Crippen molar-refractivity contribution in [3.8, 4) is 22.8 Å². The number of nitrogens with zero attached hydrogens (tertiary/aromatic N) is 2. The highest BCUT2D eigenvalue weighted by Gasteiger charge is 2.21. The number of carbonyl (C=O) groups excluding carboxylic acids is 1. The summed E-state index contributed by atoms with van der Waals surface area (Å²) >= 11 is 3.11. The smallest absolute Gasteiger partial charge is 0.260 e.